The van der Waals surface area contributed by atoms with Gasteiger partial charge in [0.05, 0.1) is 0 Å². The van der Waals surface area contributed by atoms with E-state index in [0.29, 0.717) is 6.04 Å². The van der Waals surface area contributed by atoms with E-state index in [2.05, 4.69) is 38.4 Å². The maximum atomic E-state index is 4.15. The van der Waals surface area contributed by atoms with E-state index >= 15 is 0 Å². The van der Waals surface area contributed by atoms with Gasteiger partial charge in [-0.15, -0.1) is 0 Å². The molecule has 0 saturated carbocycles. The van der Waals surface area contributed by atoms with Crippen molar-refractivity contribution in [3.63, 3.8) is 0 Å². The third-order valence-corrected chi connectivity index (χ3v) is 3.84. The topological polar surface area (TPSA) is 41.1 Å². The van der Waals surface area contributed by atoms with E-state index in [1.165, 1.54) is 24.1 Å². The number of nitrogens with zero attached hydrogens (tertiary/aromatic N) is 3. The number of piperidine rings is 1. The number of hydrogen-bond donors (Lipinski definition) is 1. The second-order valence-electron chi connectivity index (χ2n) is 5.21. The lowest BCUT2D eigenvalue weighted by molar-refractivity contribution is 0.414. The molecule has 104 valence electrons. The summed E-state index contributed by atoms with van der Waals surface area (Å²) in [5.74, 6) is 0. The maximum Gasteiger partial charge on any atom is 0.0397 e. The summed E-state index contributed by atoms with van der Waals surface area (Å²) in [6.07, 6.45) is 9.84. The Morgan fingerprint density at radius 1 is 1.05 bits per heavy atom. The molecule has 0 amide bonds. The predicted octanol–water partition coefficient (Wildman–Crippen LogP) is 2.24. The van der Waals surface area contributed by atoms with Crippen LogP contribution in [0.1, 0.15) is 18.4 Å². The van der Waals surface area contributed by atoms with Gasteiger partial charge in [0.1, 0.15) is 0 Å². The van der Waals surface area contributed by atoms with Crippen molar-refractivity contribution >= 4 is 5.69 Å². The highest BCUT2D eigenvalue weighted by molar-refractivity contribution is 5.44. The standard InChI is InChI=1S/C16H20N4/c1-2-14(12-18-7-1)13-19-15-5-10-20(11-6-15)16-3-8-17-9-4-16/h1-4,7-9,12,15,19H,5-6,10-11,13H2. The molecular formula is C16H20N4. The van der Waals surface area contributed by atoms with Crippen molar-refractivity contribution in [1.82, 2.24) is 15.3 Å². The molecule has 4 nitrogen and oxygen atoms in total. The minimum absolute atomic E-state index is 0.605. The summed E-state index contributed by atoms with van der Waals surface area (Å²) in [5.41, 5.74) is 2.54. The highest BCUT2D eigenvalue weighted by Gasteiger charge is 2.18. The van der Waals surface area contributed by atoms with Gasteiger partial charge in [-0.05, 0) is 36.6 Å². The Labute approximate surface area is 119 Å². The SMILES string of the molecule is c1cncc(CNC2CCN(c3ccncc3)CC2)c1. The Bertz CT molecular complexity index is 507. The van der Waals surface area contributed by atoms with Gasteiger partial charge < -0.3 is 10.2 Å². The molecule has 20 heavy (non-hydrogen) atoms. The number of hydrogen-bond acceptors (Lipinski definition) is 4. The monoisotopic (exact) mass is 268 g/mol. The molecule has 0 aliphatic carbocycles. The molecule has 1 saturated heterocycles. The van der Waals surface area contributed by atoms with Gasteiger partial charge in [0.15, 0.2) is 0 Å². The lowest BCUT2D eigenvalue weighted by Gasteiger charge is -2.34. The van der Waals surface area contributed by atoms with E-state index in [-0.39, 0.29) is 0 Å². The summed E-state index contributed by atoms with van der Waals surface area (Å²) in [6.45, 7) is 3.12. The second kappa shape index (κ2) is 6.48. The Kier molecular flexibility index (Phi) is 4.23. The number of anilines is 1. The quantitative estimate of drug-likeness (QED) is 0.923. The lowest BCUT2D eigenvalue weighted by atomic mass is 10.0. The summed E-state index contributed by atoms with van der Waals surface area (Å²) in [7, 11) is 0. The fourth-order valence-electron chi connectivity index (χ4n) is 2.66. The predicted molar refractivity (Wildman–Crippen MR) is 80.5 cm³/mol. The van der Waals surface area contributed by atoms with Crippen LogP contribution in [0.15, 0.2) is 49.1 Å². The van der Waals surface area contributed by atoms with Crippen LogP contribution >= 0.6 is 0 Å². The smallest absolute Gasteiger partial charge is 0.0397 e. The van der Waals surface area contributed by atoms with E-state index in [1.54, 1.807) is 0 Å². The number of pyridine rings is 2. The van der Waals surface area contributed by atoms with Gasteiger partial charge in [-0.1, -0.05) is 6.07 Å². The van der Waals surface area contributed by atoms with E-state index < -0.39 is 0 Å². The number of rotatable bonds is 4. The van der Waals surface area contributed by atoms with Crippen LogP contribution < -0.4 is 10.2 Å². The molecule has 3 heterocycles. The van der Waals surface area contributed by atoms with Crippen LogP contribution in [0, 0.1) is 0 Å². The van der Waals surface area contributed by atoms with Gasteiger partial charge in [0, 0.05) is 56.2 Å². The highest BCUT2D eigenvalue weighted by Crippen LogP contribution is 2.19. The Morgan fingerprint density at radius 3 is 2.55 bits per heavy atom. The molecule has 1 N–H and O–H groups in total. The van der Waals surface area contributed by atoms with E-state index in [1.807, 2.05) is 30.9 Å². The summed E-state index contributed by atoms with van der Waals surface area (Å²) in [5, 5.41) is 3.63. The molecular weight excluding hydrogens is 248 g/mol. The van der Waals surface area contributed by atoms with Crippen molar-refractivity contribution < 1.29 is 0 Å². The molecule has 1 aliphatic heterocycles. The zero-order valence-corrected chi connectivity index (χ0v) is 11.6. The number of aromatic nitrogens is 2. The lowest BCUT2D eigenvalue weighted by Crippen LogP contribution is -2.42. The van der Waals surface area contributed by atoms with Gasteiger partial charge in [-0.2, -0.15) is 0 Å². The van der Waals surface area contributed by atoms with Crippen LogP contribution in [0.4, 0.5) is 5.69 Å². The molecule has 0 radical (unpaired) electrons. The molecule has 4 heteroatoms. The van der Waals surface area contributed by atoms with Crippen LogP contribution in [0.2, 0.25) is 0 Å². The average Bonchev–Trinajstić information content (AvgIpc) is 2.55. The van der Waals surface area contributed by atoms with Gasteiger partial charge in [0.2, 0.25) is 0 Å². The van der Waals surface area contributed by atoms with Crippen molar-refractivity contribution in [2.24, 2.45) is 0 Å². The molecule has 1 aliphatic rings. The van der Waals surface area contributed by atoms with Crippen molar-refractivity contribution in [2.75, 3.05) is 18.0 Å². The summed E-state index contributed by atoms with van der Waals surface area (Å²) in [6, 6.07) is 8.88. The fourth-order valence-corrected chi connectivity index (χ4v) is 2.66. The first-order valence-electron chi connectivity index (χ1n) is 7.19. The molecule has 0 aromatic carbocycles. The summed E-state index contributed by atoms with van der Waals surface area (Å²) in [4.78, 5) is 10.7. The molecule has 1 fully saturated rings. The summed E-state index contributed by atoms with van der Waals surface area (Å²) < 4.78 is 0. The van der Waals surface area contributed by atoms with Gasteiger partial charge in [0.25, 0.3) is 0 Å². The second-order valence-corrected chi connectivity index (χ2v) is 5.21. The van der Waals surface area contributed by atoms with Crippen LogP contribution in [0.3, 0.4) is 0 Å². The molecule has 2 aromatic rings. The van der Waals surface area contributed by atoms with Crippen LogP contribution in [-0.4, -0.2) is 29.1 Å². The van der Waals surface area contributed by atoms with Crippen molar-refractivity contribution in [3.8, 4) is 0 Å². The first-order chi connectivity index (χ1) is 9.92. The van der Waals surface area contributed by atoms with Crippen LogP contribution in [0.25, 0.3) is 0 Å². The molecule has 2 aromatic heterocycles. The van der Waals surface area contributed by atoms with E-state index in [4.69, 9.17) is 0 Å². The zero-order valence-electron chi connectivity index (χ0n) is 11.6. The van der Waals surface area contributed by atoms with E-state index in [0.717, 1.165) is 19.6 Å². The van der Waals surface area contributed by atoms with Crippen molar-refractivity contribution in [1.29, 1.82) is 0 Å². The maximum absolute atomic E-state index is 4.15. The fraction of sp³-hybridized carbons (Fsp3) is 0.375. The summed E-state index contributed by atoms with van der Waals surface area (Å²) >= 11 is 0. The van der Waals surface area contributed by atoms with E-state index in [9.17, 15) is 0 Å². The molecule has 0 bridgehead atoms. The Balaban J connectivity index is 1.47. The molecule has 0 atom stereocenters. The molecule has 0 spiro atoms. The number of nitrogens with one attached hydrogen (secondary N) is 1. The molecule has 0 unspecified atom stereocenters. The van der Waals surface area contributed by atoms with Gasteiger partial charge >= 0.3 is 0 Å². The largest absolute Gasteiger partial charge is 0.371 e. The van der Waals surface area contributed by atoms with Crippen molar-refractivity contribution in [3.05, 3.63) is 54.6 Å². The molecule has 3 rings (SSSR count). The Hall–Kier alpha value is -1.94. The minimum atomic E-state index is 0.605. The minimum Gasteiger partial charge on any atom is -0.371 e. The third kappa shape index (κ3) is 3.33. The normalized spacial score (nSPS) is 16.3. The van der Waals surface area contributed by atoms with Crippen molar-refractivity contribution in [2.45, 2.75) is 25.4 Å². The van der Waals surface area contributed by atoms with Crippen LogP contribution in [-0.2, 0) is 6.54 Å². The first kappa shape index (κ1) is 13.1. The average molecular weight is 268 g/mol. The van der Waals surface area contributed by atoms with Gasteiger partial charge in [-0.3, -0.25) is 9.97 Å². The van der Waals surface area contributed by atoms with Crippen LogP contribution in [0.5, 0.6) is 0 Å². The van der Waals surface area contributed by atoms with Gasteiger partial charge in [-0.25, -0.2) is 0 Å². The zero-order chi connectivity index (χ0) is 13.6. The Morgan fingerprint density at radius 2 is 1.85 bits per heavy atom. The first-order valence-corrected chi connectivity index (χ1v) is 7.19. The highest BCUT2D eigenvalue weighted by atomic mass is 15.1. The third-order valence-electron chi connectivity index (χ3n) is 3.84.